The van der Waals surface area contributed by atoms with Gasteiger partial charge in [-0.05, 0) is 0 Å². The molecule has 0 aliphatic heterocycles. The van der Waals surface area contributed by atoms with E-state index in [0.717, 1.165) is 4.48 Å². The summed E-state index contributed by atoms with van der Waals surface area (Å²) in [6.07, 6.45) is 0. The summed E-state index contributed by atoms with van der Waals surface area (Å²) in [6.45, 7) is 0. The van der Waals surface area contributed by atoms with Crippen molar-refractivity contribution in [1.29, 1.82) is 0 Å². The van der Waals surface area contributed by atoms with E-state index < -0.39 is 0 Å². The first-order valence-electron chi connectivity index (χ1n) is 4.81. The normalized spacial score (nSPS) is 9.19. The van der Waals surface area contributed by atoms with Crippen LogP contribution < -0.4 is 21.5 Å². The topological polar surface area (TPSA) is 0 Å². The van der Waals surface area contributed by atoms with Crippen LogP contribution in [0.4, 0.5) is 5.69 Å². The summed E-state index contributed by atoms with van der Waals surface area (Å²) in [4.78, 5) is 0. The van der Waals surface area contributed by atoms with Crippen molar-refractivity contribution in [2.75, 3.05) is 21.1 Å². The Balaban J connectivity index is 0. The monoisotopic (exact) mass is 323 g/mol. The molecule has 0 atom stereocenters. The fraction of sp³-hybridized carbons (Fsp3) is 0.231. The molecule has 0 aliphatic carbocycles. The summed E-state index contributed by atoms with van der Waals surface area (Å²) in [7, 11) is 6.49. The Hall–Kier alpha value is -0.341. The van der Waals surface area contributed by atoms with Crippen LogP contribution in [-0.4, -0.2) is 21.1 Å². The van der Waals surface area contributed by atoms with Gasteiger partial charge in [-0.15, -0.1) is 12.1 Å². The van der Waals surface area contributed by atoms with E-state index in [2.05, 4.69) is 45.4 Å². The quantitative estimate of drug-likeness (QED) is 0.394. The number of rotatable bonds is 1. The standard InChI is InChI=1S/C8H13N.C5H5.BrH.Fe/c1-9(2,3)8-6-4-5-7-8;1-2-4-5-3-1;;/h4-7H,1-3H3;1-5H;1H;/q;-1;;+2/p-1. The molecule has 0 fully saturated rings. The van der Waals surface area contributed by atoms with Crippen LogP contribution in [0.1, 0.15) is 0 Å². The number of hydrogen-bond acceptors (Lipinski definition) is 0. The average molecular weight is 324 g/mol. The third-order valence-electron chi connectivity index (χ3n) is 1.98. The Morgan fingerprint density at radius 3 is 1.50 bits per heavy atom. The molecule has 2 aromatic carbocycles. The molecule has 0 spiro atoms. The maximum atomic E-state index is 2.16. The second-order valence-corrected chi connectivity index (χ2v) is 4.12. The first-order valence-corrected chi connectivity index (χ1v) is 4.81. The molecule has 16 heavy (non-hydrogen) atoms. The molecule has 0 N–H and O–H groups in total. The van der Waals surface area contributed by atoms with Crippen LogP contribution in [0.25, 0.3) is 0 Å². The van der Waals surface area contributed by atoms with Crippen LogP contribution in [0.3, 0.4) is 0 Å². The largest absolute Gasteiger partial charge is 2.00 e. The van der Waals surface area contributed by atoms with Gasteiger partial charge in [0.1, 0.15) is 0 Å². The van der Waals surface area contributed by atoms with E-state index in [1.165, 1.54) is 5.69 Å². The predicted octanol–water partition coefficient (Wildman–Crippen LogP) is 0.00920. The third kappa shape index (κ3) is 7.02. The molecular formula is C13H18BrFeN. The van der Waals surface area contributed by atoms with Crippen molar-refractivity contribution in [2.45, 2.75) is 0 Å². The van der Waals surface area contributed by atoms with Crippen molar-refractivity contribution in [3.8, 4) is 0 Å². The zero-order chi connectivity index (χ0) is 10.4. The number of hydrogen-bond donors (Lipinski definition) is 0. The van der Waals surface area contributed by atoms with Gasteiger partial charge >= 0.3 is 17.1 Å². The molecular weight excluding hydrogens is 306 g/mol. The molecule has 1 nitrogen and oxygen atoms in total. The molecule has 2 aromatic rings. The molecule has 0 amide bonds. The Morgan fingerprint density at radius 1 is 0.875 bits per heavy atom. The maximum absolute atomic E-state index is 2.16. The zero-order valence-corrected chi connectivity index (χ0v) is 12.6. The molecule has 2 rings (SSSR count). The second kappa shape index (κ2) is 8.77. The van der Waals surface area contributed by atoms with E-state index in [1.807, 2.05) is 30.3 Å². The van der Waals surface area contributed by atoms with Crippen molar-refractivity contribution in [3.63, 3.8) is 0 Å². The Labute approximate surface area is 120 Å². The fourth-order valence-corrected chi connectivity index (χ4v) is 1.13. The van der Waals surface area contributed by atoms with Gasteiger partial charge in [-0.2, -0.15) is 18.2 Å². The van der Waals surface area contributed by atoms with E-state index in [0.29, 0.717) is 0 Å². The molecule has 0 bridgehead atoms. The first kappa shape index (κ1) is 18.0. The van der Waals surface area contributed by atoms with Crippen LogP contribution in [0.5, 0.6) is 0 Å². The van der Waals surface area contributed by atoms with Crippen LogP contribution in [-0.2, 0) is 17.1 Å². The van der Waals surface area contributed by atoms with Crippen molar-refractivity contribution < 1.29 is 34.1 Å². The third-order valence-corrected chi connectivity index (χ3v) is 1.98. The molecule has 0 saturated carbocycles. The SMILES string of the molecule is C[N+](C)(C)[c-]1cccc1.[Br-].[Fe+2].c1cc[cH-]c1. The molecule has 0 aromatic heterocycles. The van der Waals surface area contributed by atoms with E-state index in [4.69, 9.17) is 0 Å². The van der Waals surface area contributed by atoms with Crippen LogP contribution >= 0.6 is 0 Å². The molecule has 0 radical (unpaired) electrons. The minimum atomic E-state index is 0. The molecule has 3 heteroatoms. The first-order chi connectivity index (χ1) is 6.61. The molecule has 0 heterocycles. The molecule has 0 aliphatic rings. The van der Waals surface area contributed by atoms with Gasteiger partial charge in [0, 0.05) is 5.69 Å². The fourth-order valence-electron chi connectivity index (χ4n) is 1.13. The van der Waals surface area contributed by atoms with Crippen molar-refractivity contribution in [2.24, 2.45) is 0 Å². The van der Waals surface area contributed by atoms with Crippen molar-refractivity contribution in [1.82, 2.24) is 4.48 Å². The summed E-state index contributed by atoms with van der Waals surface area (Å²) in [6, 6.07) is 18.4. The van der Waals surface area contributed by atoms with Gasteiger partial charge in [0.2, 0.25) is 0 Å². The van der Waals surface area contributed by atoms with E-state index in [9.17, 15) is 0 Å². The van der Waals surface area contributed by atoms with Crippen LogP contribution in [0.15, 0.2) is 54.6 Å². The summed E-state index contributed by atoms with van der Waals surface area (Å²) in [5, 5.41) is 0. The Bertz CT molecular complexity index is 302. The van der Waals surface area contributed by atoms with Crippen molar-refractivity contribution >= 4 is 5.69 Å². The molecule has 90 valence electrons. The van der Waals surface area contributed by atoms with E-state index >= 15 is 0 Å². The smallest absolute Gasteiger partial charge is 1.00 e. The Kier molecular flexibility index (Phi) is 9.89. The number of nitrogens with zero attached hydrogens (tertiary/aromatic N) is 1. The zero-order valence-electron chi connectivity index (χ0n) is 9.87. The van der Waals surface area contributed by atoms with E-state index in [1.54, 1.807) is 0 Å². The Morgan fingerprint density at radius 2 is 1.31 bits per heavy atom. The summed E-state index contributed by atoms with van der Waals surface area (Å²) >= 11 is 0. The molecule has 0 unspecified atom stereocenters. The summed E-state index contributed by atoms with van der Waals surface area (Å²) in [5.41, 5.74) is 1.36. The predicted molar refractivity (Wildman–Crippen MR) is 63.6 cm³/mol. The van der Waals surface area contributed by atoms with Gasteiger partial charge < -0.3 is 21.5 Å². The second-order valence-electron chi connectivity index (χ2n) is 4.12. The van der Waals surface area contributed by atoms with Crippen molar-refractivity contribution in [3.05, 3.63) is 54.6 Å². The van der Waals surface area contributed by atoms with Gasteiger partial charge in [-0.1, -0.05) is 0 Å². The van der Waals surface area contributed by atoms with Gasteiger partial charge in [0.25, 0.3) is 0 Å². The van der Waals surface area contributed by atoms with Gasteiger partial charge in [-0.25, -0.2) is 24.3 Å². The van der Waals surface area contributed by atoms with Crippen LogP contribution in [0, 0.1) is 0 Å². The summed E-state index contributed by atoms with van der Waals surface area (Å²) in [5.74, 6) is 0. The minimum absolute atomic E-state index is 0. The van der Waals surface area contributed by atoms with Gasteiger partial charge in [0.05, 0.1) is 21.1 Å². The number of quaternary nitrogens is 1. The maximum Gasteiger partial charge on any atom is 2.00 e. The van der Waals surface area contributed by atoms with E-state index in [-0.39, 0.29) is 34.1 Å². The van der Waals surface area contributed by atoms with Crippen LogP contribution in [0.2, 0.25) is 0 Å². The summed E-state index contributed by atoms with van der Waals surface area (Å²) < 4.78 is 0.910. The average Bonchev–Trinajstić information content (AvgIpc) is 2.80. The molecule has 0 saturated heterocycles. The number of halogens is 1. The minimum Gasteiger partial charge on any atom is -1.00 e. The van der Waals surface area contributed by atoms with Gasteiger partial charge in [-0.3, -0.25) is 0 Å². The van der Waals surface area contributed by atoms with Gasteiger partial charge in [0.15, 0.2) is 0 Å².